The largest absolute Gasteiger partial charge is 0.495 e. The fraction of sp³-hybridized carbons (Fsp3) is 0.200. The third-order valence-electron chi connectivity index (χ3n) is 4.45. The number of nitro groups is 1. The molecule has 7 nitrogen and oxygen atoms in total. The number of nitrogens with zero attached hydrogens (tertiary/aromatic N) is 3. The average molecular weight is 428 g/mol. The van der Waals surface area contributed by atoms with E-state index in [1.165, 1.54) is 34.8 Å². The second-order valence-corrected chi connectivity index (χ2v) is 8.44. The zero-order chi connectivity index (χ0) is 20.5. The van der Waals surface area contributed by atoms with E-state index in [4.69, 9.17) is 4.74 Å². The molecule has 0 aliphatic carbocycles. The average Bonchev–Trinajstić information content (AvgIpc) is 3.29. The normalized spacial score (nSPS) is 12.0. The summed E-state index contributed by atoms with van der Waals surface area (Å²) in [7, 11) is 1.63. The van der Waals surface area contributed by atoms with Crippen molar-refractivity contribution in [3.63, 3.8) is 0 Å². The maximum Gasteiger partial charge on any atom is 0.289 e. The van der Waals surface area contributed by atoms with Gasteiger partial charge in [-0.15, -0.1) is 11.3 Å². The number of non-ortho nitro benzene ring substituents is 1. The molecule has 2 aromatic heterocycles. The Labute approximate surface area is 173 Å². The molecule has 4 rings (SSSR count). The van der Waals surface area contributed by atoms with Crippen LogP contribution < -0.4 is 9.54 Å². The fourth-order valence-corrected chi connectivity index (χ4v) is 5.17. The van der Waals surface area contributed by atoms with E-state index in [0.29, 0.717) is 21.6 Å². The molecule has 0 saturated heterocycles. The predicted octanol–water partition coefficient (Wildman–Crippen LogP) is 4.99. The summed E-state index contributed by atoms with van der Waals surface area (Å²) in [6.45, 7) is 2.78. The molecule has 1 amide bonds. The summed E-state index contributed by atoms with van der Waals surface area (Å²) in [5.41, 5.74) is 0.934. The molecule has 0 atom stereocenters. The minimum atomic E-state index is -0.443. The zero-order valence-electron chi connectivity index (χ0n) is 15.7. The Morgan fingerprint density at radius 3 is 2.76 bits per heavy atom. The Hall–Kier alpha value is -3.04. The number of ether oxygens (including phenoxy) is 1. The standard InChI is InChI=1S/C20H17N3O4S2/c1-3-9-22-18-14(27-2)5-4-6-16(18)29-20(22)21-19(24)17-11-12-10-13(23(25)26)7-8-15(12)28-17/h4-8,10-11H,3,9H2,1-2H3. The van der Waals surface area contributed by atoms with Crippen LogP contribution in [-0.2, 0) is 6.54 Å². The highest BCUT2D eigenvalue weighted by Gasteiger charge is 2.15. The first-order chi connectivity index (χ1) is 14.0. The maximum absolute atomic E-state index is 12.9. The predicted molar refractivity (Wildman–Crippen MR) is 115 cm³/mol. The van der Waals surface area contributed by atoms with E-state index < -0.39 is 4.92 Å². The van der Waals surface area contributed by atoms with Gasteiger partial charge in [-0.3, -0.25) is 14.9 Å². The van der Waals surface area contributed by atoms with Crippen molar-refractivity contribution in [1.29, 1.82) is 0 Å². The molecule has 0 spiro atoms. The van der Waals surface area contributed by atoms with E-state index in [9.17, 15) is 14.9 Å². The summed E-state index contributed by atoms with van der Waals surface area (Å²) in [6, 6.07) is 12.0. The molecule has 2 heterocycles. The first-order valence-electron chi connectivity index (χ1n) is 8.95. The molecule has 0 aliphatic rings. The van der Waals surface area contributed by atoms with Crippen molar-refractivity contribution in [2.45, 2.75) is 19.9 Å². The zero-order valence-corrected chi connectivity index (χ0v) is 17.4. The number of aromatic nitrogens is 1. The van der Waals surface area contributed by atoms with Gasteiger partial charge in [0.25, 0.3) is 11.6 Å². The third kappa shape index (κ3) is 3.54. The van der Waals surface area contributed by atoms with E-state index in [1.54, 1.807) is 19.2 Å². The molecule has 9 heteroatoms. The van der Waals surface area contributed by atoms with Crippen LogP contribution in [0.25, 0.3) is 20.3 Å². The molecule has 0 N–H and O–H groups in total. The van der Waals surface area contributed by atoms with Crippen LogP contribution in [0.15, 0.2) is 47.5 Å². The molecule has 2 aromatic carbocycles. The summed E-state index contributed by atoms with van der Waals surface area (Å²) in [5, 5.41) is 11.6. The van der Waals surface area contributed by atoms with Crippen LogP contribution in [0.2, 0.25) is 0 Å². The minimum absolute atomic E-state index is 0.00336. The Kier molecular flexibility index (Phi) is 5.16. The number of aryl methyl sites for hydroxylation is 1. The lowest BCUT2D eigenvalue weighted by molar-refractivity contribution is -0.384. The highest BCUT2D eigenvalue weighted by Crippen LogP contribution is 2.30. The summed E-state index contributed by atoms with van der Waals surface area (Å²) in [4.78, 5) is 28.8. The summed E-state index contributed by atoms with van der Waals surface area (Å²) in [5.74, 6) is 0.388. The van der Waals surface area contributed by atoms with Gasteiger partial charge < -0.3 is 9.30 Å². The molecule has 0 fully saturated rings. The van der Waals surface area contributed by atoms with Gasteiger partial charge in [-0.05, 0) is 30.7 Å². The highest BCUT2D eigenvalue weighted by atomic mass is 32.1. The lowest BCUT2D eigenvalue weighted by Crippen LogP contribution is -2.16. The molecule has 4 aromatic rings. The monoisotopic (exact) mass is 427 g/mol. The highest BCUT2D eigenvalue weighted by molar-refractivity contribution is 7.21. The van der Waals surface area contributed by atoms with Gasteiger partial charge in [-0.25, -0.2) is 0 Å². The SMILES string of the molecule is CCCn1c(=NC(=O)c2cc3cc([N+](=O)[O-])ccc3s2)sc2cccc(OC)c21. The Morgan fingerprint density at radius 2 is 2.03 bits per heavy atom. The van der Waals surface area contributed by atoms with Gasteiger partial charge in [0.05, 0.1) is 21.6 Å². The molecule has 0 saturated carbocycles. The molecule has 0 unspecified atom stereocenters. The number of nitro benzene ring substituents is 1. The van der Waals surface area contributed by atoms with E-state index in [1.807, 2.05) is 22.8 Å². The number of rotatable bonds is 5. The number of thiophene rings is 1. The maximum atomic E-state index is 12.9. The number of hydrogen-bond acceptors (Lipinski definition) is 6. The molecule has 29 heavy (non-hydrogen) atoms. The number of benzene rings is 2. The van der Waals surface area contributed by atoms with Crippen LogP contribution in [0.3, 0.4) is 0 Å². The third-order valence-corrected chi connectivity index (χ3v) is 6.60. The number of amides is 1. The lowest BCUT2D eigenvalue weighted by atomic mass is 10.2. The van der Waals surface area contributed by atoms with Crippen molar-refractivity contribution < 1.29 is 14.5 Å². The van der Waals surface area contributed by atoms with Gasteiger partial charge in [0.1, 0.15) is 11.3 Å². The number of carbonyl (C=O) groups is 1. The Balaban J connectivity index is 1.82. The smallest absolute Gasteiger partial charge is 0.289 e. The summed E-state index contributed by atoms with van der Waals surface area (Å²) >= 11 is 2.72. The lowest BCUT2D eigenvalue weighted by Gasteiger charge is -2.06. The molecule has 0 radical (unpaired) electrons. The van der Waals surface area contributed by atoms with E-state index in [0.717, 1.165) is 27.1 Å². The van der Waals surface area contributed by atoms with Gasteiger partial charge in [0.2, 0.25) is 0 Å². The molecule has 0 bridgehead atoms. The van der Waals surface area contributed by atoms with Crippen LogP contribution in [0.1, 0.15) is 23.0 Å². The van der Waals surface area contributed by atoms with Crippen LogP contribution in [0.4, 0.5) is 5.69 Å². The number of hydrogen-bond donors (Lipinski definition) is 0. The van der Waals surface area contributed by atoms with E-state index >= 15 is 0 Å². The molecule has 0 aliphatic heterocycles. The number of para-hydroxylation sites is 1. The van der Waals surface area contributed by atoms with Gasteiger partial charge in [-0.1, -0.05) is 24.3 Å². The van der Waals surface area contributed by atoms with Crippen molar-refractivity contribution in [3.05, 3.63) is 62.3 Å². The fourth-order valence-electron chi connectivity index (χ4n) is 3.17. The van der Waals surface area contributed by atoms with Crippen molar-refractivity contribution in [1.82, 2.24) is 4.57 Å². The topological polar surface area (TPSA) is 86.7 Å². The van der Waals surface area contributed by atoms with Crippen LogP contribution >= 0.6 is 22.7 Å². The van der Waals surface area contributed by atoms with Crippen molar-refractivity contribution in [3.8, 4) is 5.75 Å². The number of fused-ring (bicyclic) bond motifs is 2. The van der Waals surface area contributed by atoms with Crippen LogP contribution in [-0.4, -0.2) is 22.5 Å². The first-order valence-corrected chi connectivity index (χ1v) is 10.6. The number of thiazole rings is 1. The molecular weight excluding hydrogens is 410 g/mol. The Bertz CT molecular complexity index is 1320. The number of methoxy groups -OCH3 is 1. The molecular formula is C20H17N3O4S2. The van der Waals surface area contributed by atoms with Crippen molar-refractivity contribution >= 4 is 54.6 Å². The van der Waals surface area contributed by atoms with Crippen molar-refractivity contribution in [2.24, 2.45) is 4.99 Å². The van der Waals surface area contributed by atoms with Crippen LogP contribution in [0.5, 0.6) is 5.75 Å². The first kappa shape index (κ1) is 19.3. The number of carbonyl (C=O) groups excluding carboxylic acids is 1. The van der Waals surface area contributed by atoms with Gasteiger partial charge >= 0.3 is 0 Å². The van der Waals surface area contributed by atoms with Crippen LogP contribution in [0, 0.1) is 10.1 Å². The van der Waals surface area contributed by atoms with Gasteiger partial charge in [0.15, 0.2) is 4.80 Å². The van der Waals surface area contributed by atoms with Crippen molar-refractivity contribution in [2.75, 3.05) is 7.11 Å². The summed E-state index contributed by atoms with van der Waals surface area (Å²) < 4.78 is 9.31. The Morgan fingerprint density at radius 1 is 1.21 bits per heavy atom. The quantitative estimate of drug-likeness (QED) is 0.332. The molecule has 148 valence electrons. The van der Waals surface area contributed by atoms with E-state index in [2.05, 4.69) is 11.9 Å². The van der Waals surface area contributed by atoms with Gasteiger partial charge in [0, 0.05) is 28.8 Å². The summed E-state index contributed by atoms with van der Waals surface area (Å²) in [6.07, 6.45) is 0.887. The van der Waals surface area contributed by atoms with E-state index in [-0.39, 0.29) is 11.6 Å². The second-order valence-electron chi connectivity index (χ2n) is 6.35. The van der Waals surface area contributed by atoms with Gasteiger partial charge in [-0.2, -0.15) is 4.99 Å². The minimum Gasteiger partial charge on any atom is -0.495 e. The second kappa shape index (κ2) is 7.76.